The molecule has 118 valence electrons. The van der Waals surface area contributed by atoms with Gasteiger partial charge in [-0.05, 0) is 40.2 Å². The summed E-state index contributed by atoms with van der Waals surface area (Å²) in [6.45, 7) is 0. The zero-order chi connectivity index (χ0) is 16.7. The molecular formula is C16H10Br2ClNO3. The summed E-state index contributed by atoms with van der Waals surface area (Å²) < 4.78 is 6.69. The molecule has 2 aromatic carbocycles. The van der Waals surface area contributed by atoms with Crippen LogP contribution in [0.15, 0.2) is 33.2 Å². The molecule has 0 unspecified atom stereocenters. The van der Waals surface area contributed by atoms with E-state index in [9.17, 15) is 9.90 Å². The molecule has 1 aliphatic rings. The molecule has 1 aliphatic heterocycles. The normalized spacial score (nSPS) is 14.8. The zero-order valence-electron chi connectivity index (χ0n) is 11.8. The first-order valence-electron chi connectivity index (χ1n) is 6.49. The standard InChI is InChI=1S/C16H10Br2ClNO3/c1-23-13-6-9(19)2-7(15(13)21)3-11-10-4-8(17)5-12(18)14(10)20-16(11)22/h2-6,21H,1H3,(H,20,22)/b11-3-. The van der Waals surface area contributed by atoms with Gasteiger partial charge in [-0.25, -0.2) is 0 Å². The number of rotatable bonds is 2. The summed E-state index contributed by atoms with van der Waals surface area (Å²) in [6, 6.07) is 6.77. The fourth-order valence-electron chi connectivity index (χ4n) is 2.38. The van der Waals surface area contributed by atoms with Crippen molar-refractivity contribution < 1.29 is 14.6 Å². The van der Waals surface area contributed by atoms with E-state index in [4.69, 9.17) is 16.3 Å². The van der Waals surface area contributed by atoms with Gasteiger partial charge in [0.1, 0.15) is 0 Å². The van der Waals surface area contributed by atoms with Crippen molar-refractivity contribution in [2.24, 2.45) is 0 Å². The Labute approximate surface area is 154 Å². The summed E-state index contributed by atoms with van der Waals surface area (Å²) in [6.07, 6.45) is 1.59. The Balaban J connectivity index is 2.19. The molecule has 0 fully saturated rings. The Morgan fingerprint density at radius 3 is 2.70 bits per heavy atom. The first-order valence-corrected chi connectivity index (χ1v) is 8.46. The molecule has 7 heteroatoms. The average molecular weight is 460 g/mol. The first-order chi connectivity index (χ1) is 10.9. The van der Waals surface area contributed by atoms with Crippen molar-refractivity contribution in [3.8, 4) is 11.5 Å². The minimum Gasteiger partial charge on any atom is -0.504 e. The maximum absolute atomic E-state index is 12.3. The lowest BCUT2D eigenvalue weighted by Gasteiger charge is -2.08. The van der Waals surface area contributed by atoms with Gasteiger partial charge >= 0.3 is 0 Å². The Hall–Kier alpha value is -1.50. The topological polar surface area (TPSA) is 58.6 Å². The second-order valence-electron chi connectivity index (χ2n) is 4.87. The smallest absolute Gasteiger partial charge is 0.256 e. The number of benzene rings is 2. The minimum absolute atomic E-state index is 0.0697. The molecule has 3 rings (SSSR count). The highest BCUT2D eigenvalue weighted by atomic mass is 79.9. The SMILES string of the molecule is COc1cc(Cl)cc(/C=C2\C(=O)Nc3c(Br)cc(Br)cc32)c1O. The van der Waals surface area contributed by atoms with Crippen molar-refractivity contribution >= 4 is 66.7 Å². The van der Waals surface area contributed by atoms with Crippen LogP contribution in [0.4, 0.5) is 5.69 Å². The van der Waals surface area contributed by atoms with Gasteiger partial charge in [-0.3, -0.25) is 4.79 Å². The fraction of sp³-hybridized carbons (Fsp3) is 0.0625. The van der Waals surface area contributed by atoms with E-state index in [2.05, 4.69) is 37.2 Å². The van der Waals surface area contributed by atoms with Gasteiger partial charge in [-0.1, -0.05) is 27.5 Å². The van der Waals surface area contributed by atoms with E-state index in [1.54, 1.807) is 12.1 Å². The lowest BCUT2D eigenvalue weighted by molar-refractivity contribution is -0.110. The number of ether oxygens (including phenoxy) is 1. The van der Waals surface area contributed by atoms with Crippen molar-refractivity contribution in [2.45, 2.75) is 0 Å². The Morgan fingerprint density at radius 1 is 1.26 bits per heavy atom. The number of hydrogen-bond donors (Lipinski definition) is 2. The van der Waals surface area contributed by atoms with Crippen LogP contribution in [0.1, 0.15) is 11.1 Å². The van der Waals surface area contributed by atoms with Crippen LogP contribution < -0.4 is 10.1 Å². The molecule has 0 aromatic heterocycles. The number of nitrogens with one attached hydrogen (secondary N) is 1. The van der Waals surface area contributed by atoms with E-state index in [1.165, 1.54) is 13.2 Å². The molecule has 0 bridgehead atoms. The summed E-state index contributed by atoms with van der Waals surface area (Å²) in [7, 11) is 1.44. The Kier molecular flexibility index (Phi) is 4.40. The monoisotopic (exact) mass is 457 g/mol. The third kappa shape index (κ3) is 2.98. The van der Waals surface area contributed by atoms with Gasteiger partial charge in [0.05, 0.1) is 12.8 Å². The summed E-state index contributed by atoms with van der Waals surface area (Å²) in [4.78, 5) is 12.3. The fourth-order valence-corrected chi connectivity index (χ4v) is 3.92. The molecule has 0 radical (unpaired) electrons. The van der Waals surface area contributed by atoms with Crippen LogP contribution in [0.2, 0.25) is 5.02 Å². The molecule has 2 aromatic rings. The van der Waals surface area contributed by atoms with Crippen LogP contribution >= 0.6 is 43.5 Å². The molecule has 0 saturated heterocycles. The van der Waals surface area contributed by atoms with Crippen LogP contribution in [0.3, 0.4) is 0 Å². The second-order valence-corrected chi connectivity index (χ2v) is 7.07. The number of anilines is 1. The van der Waals surface area contributed by atoms with Gasteiger partial charge in [-0.2, -0.15) is 0 Å². The van der Waals surface area contributed by atoms with E-state index >= 15 is 0 Å². The van der Waals surface area contributed by atoms with E-state index in [0.29, 0.717) is 21.8 Å². The number of carbonyl (C=O) groups is 1. The van der Waals surface area contributed by atoms with Crippen LogP contribution in [0, 0.1) is 0 Å². The van der Waals surface area contributed by atoms with Crippen LogP contribution in [0.25, 0.3) is 11.6 Å². The molecule has 2 N–H and O–H groups in total. The zero-order valence-corrected chi connectivity index (χ0v) is 15.7. The van der Waals surface area contributed by atoms with Gasteiger partial charge in [0.2, 0.25) is 0 Å². The molecule has 0 aliphatic carbocycles. The predicted molar refractivity (Wildman–Crippen MR) is 98.0 cm³/mol. The highest BCUT2D eigenvalue weighted by Gasteiger charge is 2.27. The van der Waals surface area contributed by atoms with Crippen molar-refractivity contribution in [3.05, 3.63) is 49.4 Å². The highest BCUT2D eigenvalue weighted by Crippen LogP contribution is 2.42. The summed E-state index contributed by atoms with van der Waals surface area (Å²) in [5.41, 5.74) is 2.26. The van der Waals surface area contributed by atoms with Gasteiger partial charge in [0.25, 0.3) is 5.91 Å². The number of methoxy groups -OCH3 is 1. The molecule has 23 heavy (non-hydrogen) atoms. The van der Waals surface area contributed by atoms with Crippen molar-refractivity contribution in [2.75, 3.05) is 12.4 Å². The minimum atomic E-state index is -0.253. The van der Waals surface area contributed by atoms with Gasteiger partial charge < -0.3 is 15.2 Å². The molecule has 1 heterocycles. The maximum atomic E-state index is 12.3. The molecule has 4 nitrogen and oxygen atoms in total. The van der Waals surface area contributed by atoms with E-state index in [0.717, 1.165) is 14.5 Å². The molecule has 1 amide bonds. The third-order valence-electron chi connectivity index (χ3n) is 3.42. The van der Waals surface area contributed by atoms with Crippen LogP contribution in [-0.2, 0) is 4.79 Å². The highest BCUT2D eigenvalue weighted by molar-refractivity contribution is 9.11. The van der Waals surface area contributed by atoms with Crippen LogP contribution in [-0.4, -0.2) is 18.1 Å². The Bertz CT molecular complexity index is 865. The van der Waals surface area contributed by atoms with Crippen LogP contribution in [0.5, 0.6) is 11.5 Å². The molecule has 0 saturated carbocycles. The number of fused-ring (bicyclic) bond motifs is 1. The lowest BCUT2D eigenvalue weighted by Crippen LogP contribution is -2.03. The number of halogens is 3. The van der Waals surface area contributed by atoms with Crippen molar-refractivity contribution in [3.63, 3.8) is 0 Å². The van der Waals surface area contributed by atoms with E-state index < -0.39 is 0 Å². The quantitative estimate of drug-likeness (QED) is 0.617. The van der Waals surface area contributed by atoms with Gasteiger partial charge in [0.15, 0.2) is 11.5 Å². The number of amides is 1. The van der Waals surface area contributed by atoms with E-state index in [1.807, 2.05) is 12.1 Å². The van der Waals surface area contributed by atoms with Crippen molar-refractivity contribution in [1.82, 2.24) is 0 Å². The van der Waals surface area contributed by atoms with Crippen molar-refractivity contribution in [1.29, 1.82) is 0 Å². The molecule has 0 spiro atoms. The lowest BCUT2D eigenvalue weighted by atomic mass is 10.0. The third-order valence-corrected chi connectivity index (χ3v) is 4.72. The number of carbonyl (C=O) groups excluding carboxylic acids is 1. The molecular weight excluding hydrogens is 449 g/mol. The summed E-state index contributed by atoms with van der Waals surface area (Å²) >= 11 is 12.9. The first kappa shape index (κ1) is 16.4. The number of aromatic hydroxyl groups is 1. The van der Waals surface area contributed by atoms with Gasteiger partial charge in [-0.15, -0.1) is 0 Å². The largest absolute Gasteiger partial charge is 0.504 e. The van der Waals surface area contributed by atoms with E-state index in [-0.39, 0.29) is 17.4 Å². The molecule has 0 atom stereocenters. The number of phenolic OH excluding ortho intramolecular Hbond substituents is 1. The summed E-state index contributed by atoms with van der Waals surface area (Å²) in [5, 5.41) is 13.4. The average Bonchev–Trinajstić information content (AvgIpc) is 2.79. The Morgan fingerprint density at radius 2 is 2.00 bits per heavy atom. The summed E-state index contributed by atoms with van der Waals surface area (Å²) in [5.74, 6) is -0.0738. The maximum Gasteiger partial charge on any atom is 0.256 e. The van der Waals surface area contributed by atoms with Gasteiger partial charge in [0, 0.05) is 36.7 Å². The predicted octanol–water partition coefficient (Wildman–Crippen LogP) is 5.07. The second kappa shape index (κ2) is 6.19. The number of hydrogen-bond acceptors (Lipinski definition) is 3. The number of phenols is 1.